The summed E-state index contributed by atoms with van der Waals surface area (Å²) in [6, 6.07) is 7.90. The Morgan fingerprint density at radius 2 is 1.92 bits per heavy atom. The molecule has 0 aromatic heterocycles. The van der Waals surface area contributed by atoms with Gasteiger partial charge < -0.3 is 14.7 Å². The number of amides is 1. The fourth-order valence-electron chi connectivity index (χ4n) is 3.97. The second kappa shape index (κ2) is 6.60. The number of hydrogen-bond donors (Lipinski definition) is 1. The molecule has 1 amide bonds. The van der Waals surface area contributed by atoms with Crippen molar-refractivity contribution in [3.05, 3.63) is 29.8 Å². The quantitative estimate of drug-likeness (QED) is 0.894. The zero-order valence-electron chi connectivity index (χ0n) is 16.1. The molecule has 0 radical (unpaired) electrons. The largest absolute Gasteiger partial charge is 0.481 e. The standard InChI is InChI=1S/C21H29NO4/c1-14(26-16-7-5-6-15(12-16)20(2,3)4)18(23)22-10-8-21(9-11-22)13-17(21)19(24)25/h5-7,12,14,17H,8-11,13H2,1-4H3,(H,24,25). The van der Waals surface area contributed by atoms with E-state index in [1.165, 1.54) is 5.56 Å². The summed E-state index contributed by atoms with van der Waals surface area (Å²) in [4.78, 5) is 25.7. The number of likely N-dealkylation sites (tertiary alicyclic amines) is 1. The molecular weight excluding hydrogens is 330 g/mol. The Morgan fingerprint density at radius 1 is 1.27 bits per heavy atom. The summed E-state index contributed by atoms with van der Waals surface area (Å²) in [7, 11) is 0. The molecule has 2 atom stereocenters. The molecule has 1 aromatic carbocycles. The molecule has 2 aliphatic rings. The molecule has 1 saturated carbocycles. The SMILES string of the molecule is CC(Oc1cccc(C(C)(C)C)c1)C(=O)N1CCC2(CC1)CC2C(=O)O. The van der Waals surface area contributed by atoms with Crippen LogP contribution >= 0.6 is 0 Å². The number of carboxylic acids is 1. The first kappa shape index (κ1) is 18.7. The number of ether oxygens (including phenoxy) is 1. The van der Waals surface area contributed by atoms with E-state index in [1.54, 1.807) is 6.92 Å². The molecule has 142 valence electrons. The highest BCUT2D eigenvalue weighted by Gasteiger charge is 2.59. The number of nitrogens with zero attached hydrogens (tertiary/aromatic N) is 1. The summed E-state index contributed by atoms with van der Waals surface area (Å²) in [5.41, 5.74) is 1.13. The van der Waals surface area contributed by atoms with Crippen molar-refractivity contribution in [2.45, 2.75) is 58.5 Å². The van der Waals surface area contributed by atoms with E-state index >= 15 is 0 Å². The van der Waals surface area contributed by atoms with Gasteiger partial charge in [0.05, 0.1) is 5.92 Å². The summed E-state index contributed by atoms with van der Waals surface area (Å²) in [5, 5.41) is 9.18. The van der Waals surface area contributed by atoms with Gasteiger partial charge in [0.15, 0.2) is 6.10 Å². The van der Waals surface area contributed by atoms with E-state index in [0.29, 0.717) is 18.8 Å². The second-order valence-electron chi connectivity index (χ2n) is 8.82. The molecule has 5 nitrogen and oxygen atoms in total. The first-order valence-electron chi connectivity index (χ1n) is 9.41. The molecule has 0 bridgehead atoms. The molecule has 1 aromatic rings. The van der Waals surface area contributed by atoms with E-state index < -0.39 is 12.1 Å². The molecule has 2 unspecified atom stereocenters. The van der Waals surface area contributed by atoms with Crippen molar-refractivity contribution in [2.24, 2.45) is 11.3 Å². The third-order valence-electron chi connectivity index (χ3n) is 5.92. The molecule has 1 spiro atoms. The van der Waals surface area contributed by atoms with Gasteiger partial charge in [-0.3, -0.25) is 9.59 Å². The zero-order valence-corrected chi connectivity index (χ0v) is 16.1. The Hall–Kier alpha value is -2.04. The maximum atomic E-state index is 12.7. The minimum atomic E-state index is -0.694. The number of rotatable bonds is 4. The highest BCUT2D eigenvalue weighted by Crippen LogP contribution is 2.59. The summed E-state index contributed by atoms with van der Waals surface area (Å²) in [5.74, 6) is -0.220. The molecule has 1 N–H and O–H groups in total. The van der Waals surface area contributed by atoms with Crippen LogP contribution in [0.25, 0.3) is 0 Å². The minimum absolute atomic E-state index is 0.0199. The van der Waals surface area contributed by atoms with E-state index in [4.69, 9.17) is 4.74 Å². The van der Waals surface area contributed by atoms with Gasteiger partial charge in [0, 0.05) is 13.1 Å². The van der Waals surface area contributed by atoms with Crippen molar-refractivity contribution in [2.75, 3.05) is 13.1 Å². The Morgan fingerprint density at radius 3 is 2.46 bits per heavy atom. The van der Waals surface area contributed by atoms with Gasteiger partial charge in [0.25, 0.3) is 5.91 Å². The van der Waals surface area contributed by atoms with Gasteiger partial charge in [-0.15, -0.1) is 0 Å². The lowest BCUT2D eigenvalue weighted by Crippen LogP contribution is -2.45. The third-order valence-corrected chi connectivity index (χ3v) is 5.92. The number of aliphatic carboxylic acids is 1. The van der Waals surface area contributed by atoms with Crippen molar-refractivity contribution in [3.63, 3.8) is 0 Å². The lowest BCUT2D eigenvalue weighted by Gasteiger charge is -2.34. The van der Waals surface area contributed by atoms with E-state index in [0.717, 1.165) is 19.3 Å². The van der Waals surface area contributed by atoms with Crippen LogP contribution in [0.2, 0.25) is 0 Å². The smallest absolute Gasteiger partial charge is 0.307 e. The Kier molecular flexibility index (Phi) is 4.76. The molecule has 5 heteroatoms. The molecule has 1 saturated heterocycles. The Bertz CT molecular complexity index is 698. The van der Waals surface area contributed by atoms with Crippen LogP contribution in [0.15, 0.2) is 24.3 Å². The van der Waals surface area contributed by atoms with Gasteiger partial charge >= 0.3 is 5.97 Å². The average Bonchev–Trinajstić information content (AvgIpc) is 3.28. The molecule has 3 rings (SSSR count). The fraction of sp³-hybridized carbons (Fsp3) is 0.619. The highest BCUT2D eigenvalue weighted by molar-refractivity contribution is 5.81. The summed E-state index contributed by atoms with van der Waals surface area (Å²) < 4.78 is 5.91. The predicted octanol–water partition coefficient (Wildman–Crippen LogP) is 3.46. The monoisotopic (exact) mass is 359 g/mol. The van der Waals surface area contributed by atoms with Crippen LogP contribution in [0, 0.1) is 11.3 Å². The minimum Gasteiger partial charge on any atom is -0.481 e. The molecule has 1 aliphatic heterocycles. The Balaban J connectivity index is 1.57. The predicted molar refractivity (Wildman–Crippen MR) is 99.2 cm³/mol. The Labute approximate surface area is 155 Å². The van der Waals surface area contributed by atoms with Crippen LogP contribution in [0.4, 0.5) is 0 Å². The number of carbonyl (C=O) groups excluding carboxylic acids is 1. The van der Waals surface area contributed by atoms with Gasteiger partial charge in [0.2, 0.25) is 0 Å². The van der Waals surface area contributed by atoms with E-state index in [1.807, 2.05) is 23.1 Å². The number of benzene rings is 1. The average molecular weight is 359 g/mol. The normalized spacial score (nSPS) is 22.8. The zero-order chi connectivity index (χ0) is 19.1. The van der Waals surface area contributed by atoms with Crippen LogP contribution in [0.3, 0.4) is 0 Å². The maximum absolute atomic E-state index is 12.7. The highest BCUT2D eigenvalue weighted by atomic mass is 16.5. The number of piperidine rings is 1. The topological polar surface area (TPSA) is 66.8 Å². The van der Waals surface area contributed by atoms with Gasteiger partial charge in [-0.2, -0.15) is 0 Å². The first-order chi connectivity index (χ1) is 12.1. The summed E-state index contributed by atoms with van der Waals surface area (Å²) in [6.07, 6.45) is 1.77. The second-order valence-corrected chi connectivity index (χ2v) is 8.82. The van der Waals surface area contributed by atoms with Gasteiger partial charge in [-0.1, -0.05) is 32.9 Å². The molecular formula is C21H29NO4. The van der Waals surface area contributed by atoms with E-state index in [2.05, 4.69) is 26.8 Å². The van der Waals surface area contributed by atoms with Crippen molar-refractivity contribution in [3.8, 4) is 5.75 Å². The van der Waals surface area contributed by atoms with Crippen molar-refractivity contribution in [1.82, 2.24) is 4.90 Å². The molecule has 1 aliphatic carbocycles. The van der Waals surface area contributed by atoms with Crippen LogP contribution in [-0.4, -0.2) is 41.1 Å². The molecule has 26 heavy (non-hydrogen) atoms. The molecule has 2 fully saturated rings. The van der Waals surface area contributed by atoms with Gasteiger partial charge in [-0.05, 0) is 54.7 Å². The maximum Gasteiger partial charge on any atom is 0.307 e. The van der Waals surface area contributed by atoms with E-state index in [9.17, 15) is 14.7 Å². The van der Waals surface area contributed by atoms with Crippen LogP contribution in [-0.2, 0) is 15.0 Å². The van der Waals surface area contributed by atoms with Crippen molar-refractivity contribution in [1.29, 1.82) is 0 Å². The third kappa shape index (κ3) is 3.71. The lowest BCUT2D eigenvalue weighted by molar-refractivity contribution is -0.141. The lowest BCUT2D eigenvalue weighted by atomic mass is 9.87. The van der Waals surface area contributed by atoms with Crippen LogP contribution in [0.5, 0.6) is 5.75 Å². The van der Waals surface area contributed by atoms with Crippen LogP contribution in [0.1, 0.15) is 52.5 Å². The fourth-order valence-corrected chi connectivity index (χ4v) is 3.97. The first-order valence-corrected chi connectivity index (χ1v) is 9.41. The summed E-state index contributed by atoms with van der Waals surface area (Å²) in [6.45, 7) is 9.47. The van der Waals surface area contributed by atoms with Gasteiger partial charge in [0.1, 0.15) is 5.75 Å². The van der Waals surface area contributed by atoms with Crippen LogP contribution < -0.4 is 4.74 Å². The number of carboxylic acid groups (broad SMARTS) is 1. The van der Waals surface area contributed by atoms with E-state index in [-0.39, 0.29) is 22.7 Å². The van der Waals surface area contributed by atoms with Gasteiger partial charge in [-0.25, -0.2) is 0 Å². The molecule has 1 heterocycles. The van der Waals surface area contributed by atoms with Crippen molar-refractivity contribution < 1.29 is 19.4 Å². The number of carbonyl (C=O) groups is 2. The van der Waals surface area contributed by atoms with Crippen molar-refractivity contribution >= 4 is 11.9 Å². The summed E-state index contributed by atoms with van der Waals surface area (Å²) >= 11 is 0. The number of hydrogen-bond acceptors (Lipinski definition) is 3.